The Morgan fingerprint density at radius 1 is 1.29 bits per heavy atom. The summed E-state index contributed by atoms with van der Waals surface area (Å²) < 4.78 is 11.3. The number of thioether (sulfide) groups is 1. The molecule has 1 aromatic rings. The first-order valence-corrected chi connectivity index (χ1v) is 10.1. The van der Waals surface area contributed by atoms with Gasteiger partial charge in [0.05, 0.1) is 0 Å². The molecule has 0 aromatic heterocycles. The van der Waals surface area contributed by atoms with Gasteiger partial charge in [0.1, 0.15) is 18.6 Å². The van der Waals surface area contributed by atoms with Crippen molar-refractivity contribution in [3.05, 3.63) is 23.8 Å². The topological polar surface area (TPSA) is 38.8 Å². The highest BCUT2D eigenvalue weighted by atomic mass is 32.2. The highest BCUT2D eigenvalue weighted by molar-refractivity contribution is 7.99. The van der Waals surface area contributed by atoms with Crippen LogP contribution in [0.3, 0.4) is 0 Å². The number of rotatable bonds is 6. The van der Waals surface area contributed by atoms with Crippen LogP contribution in [0.2, 0.25) is 0 Å². The van der Waals surface area contributed by atoms with Crippen molar-refractivity contribution in [3.8, 4) is 11.5 Å². The van der Waals surface area contributed by atoms with E-state index in [0.29, 0.717) is 19.1 Å². The van der Waals surface area contributed by atoms with Crippen LogP contribution in [0.1, 0.15) is 50.5 Å². The first-order chi connectivity index (χ1) is 11.7. The zero-order chi connectivity index (χ0) is 16.9. The largest absolute Gasteiger partial charge is 0.486 e. The Kier molecular flexibility index (Phi) is 5.93. The molecule has 5 heteroatoms. The minimum Gasteiger partial charge on any atom is -0.486 e. The standard InChI is InChI=1S/C19H27NO3S/c1-3-5-6-14(4-2)18(21)20-9-12-24-19(20)15-7-8-16-17(13-15)23-11-10-22-16/h7-8,13-14,19H,3-6,9-12H2,1-2H3/t14-,19+/m1/s1. The van der Waals surface area contributed by atoms with Gasteiger partial charge in [-0.3, -0.25) is 4.79 Å². The van der Waals surface area contributed by atoms with Gasteiger partial charge in [0.25, 0.3) is 0 Å². The zero-order valence-corrected chi connectivity index (χ0v) is 15.4. The first kappa shape index (κ1) is 17.5. The monoisotopic (exact) mass is 349 g/mol. The fraction of sp³-hybridized carbons (Fsp3) is 0.632. The summed E-state index contributed by atoms with van der Waals surface area (Å²) in [6.07, 6.45) is 4.19. The second kappa shape index (κ2) is 8.15. The summed E-state index contributed by atoms with van der Waals surface area (Å²) in [4.78, 5) is 15.1. The average Bonchev–Trinajstić information content (AvgIpc) is 3.11. The van der Waals surface area contributed by atoms with Crippen molar-refractivity contribution in [1.29, 1.82) is 0 Å². The summed E-state index contributed by atoms with van der Waals surface area (Å²) in [6.45, 7) is 6.34. The molecule has 0 spiro atoms. The summed E-state index contributed by atoms with van der Waals surface area (Å²) in [7, 11) is 0. The zero-order valence-electron chi connectivity index (χ0n) is 14.6. The van der Waals surface area contributed by atoms with E-state index in [0.717, 1.165) is 55.0 Å². The molecule has 3 rings (SSSR count). The highest BCUT2D eigenvalue weighted by Crippen LogP contribution is 2.42. The van der Waals surface area contributed by atoms with E-state index in [1.54, 1.807) is 0 Å². The Labute approximate surface area is 148 Å². The average molecular weight is 349 g/mol. The van der Waals surface area contributed by atoms with Gasteiger partial charge in [-0.05, 0) is 30.5 Å². The molecular weight excluding hydrogens is 322 g/mol. The lowest BCUT2D eigenvalue weighted by Crippen LogP contribution is -2.35. The summed E-state index contributed by atoms with van der Waals surface area (Å²) in [6, 6.07) is 6.09. The van der Waals surface area contributed by atoms with Gasteiger partial charge in [-0.25, -0.2) is 0 Å². The Balaban J connectivity index is 1.76. The van der Waals surface area contributed by atoms with E-state index in [4.69, 9.17) is 9.47 Å². The van der Waals surface area contributed by atoms with Gasteiger partial charge in [-0.2, -0.15) is 0 Å². The number of hydrogen-bond donors (Lipinski definition) is 0. The van der Waals surface area contributed by atoms with Gasteiger partial charge in [-0.1, -0.05) is 32.8 Å². The number of nitrogens with zero attached hydrogens (tertiary/aromatic N) is 1. The van der Waals surface area contributed by atoms with E-state index < -0.39 is 0 Å². The van der Waals surface area contributed by atoms with Crippen LogP contribution in [0.15, 0.2) is 18.2 Å². The minimum atomic E-state index is 0.101. The minimum absolute atomic E-state index is 0.101. The van der Waals surface area contributed by atoms with E-state index in [9.17, 15) is 4.79 Å². The van der Waals surface area contributed by atoms with Crippen LogP contribution < -0.4 is 9.47 Å². The molecular formula is C19H27NO3S. The summed E-state index contributed by atoms with van der Waals surface area (Å²) >= 11 is 1.84. The molecule has 0 aliphatic carbocycles. The molecule has 0 bridgehead atoms. The molecule has 0 radical (unpaired) electrons. The summed E-state index contributed by atoms with van der Waals surface area (Å²) in [5.41, 5.74) is 1.14. The molecule has 0 N–H and O–H groups in total. The molecule has 24 heavy (non-hydrogen) atoms. The third-order valence-electron chi connectivity index (χ3n) is 4.77. The molecule has 2 atom stereocenters. The quantitative estimate of drug-likeness (QED) is 0.770. The fourth-order valence-electron chi connectivity index (χ4n) is 3.37. The van der Waals surface area contributed by atoms with Gasteiger partial charge in [0, 0.05) is 18.2 Å². The molecule has 1 aromatic carbocycles. The Hall–Kier alpha value is -1.36. The number of hydrogen-bond acceptors (Lipinski definition) is 4. The second-order valence-corrected chi connectivity index (χ2v) is 7.59. The van der Waals surface area contributed by atoms with Crippen molar-refractivity contribution in [2.24, 2.45) is 5.92 Å². The third-order valence-corrected chi connectivity index (χ3v) is 6.03. The first-order valence-electron chi connectivity index (χ1n) is 9.06. The van der Waals surface area contributed by atoms with Gasteiger partial charge in [0.2, 0.25) is 5.91 Å². The van der Waals surface area contributed by atoms with E-state index in [1.165, 1.54) is 0 Å². The van der Waals surface area contributed by atoms with E-state index in [-0.39, 0.29) is 11.3 Å². The highest BCUT2D eigenvalue weighted by Gasteiger charge is 2.34. The molecule has 2 aliphatic heterocycles. The van der Waals surface area contributed by atoms with Crippen LogP contribution in [0.5, 0.6) is 11.5 Å². The molecule has 0 saturated carbocycles. The normalized spacial score (nSPS) is 20.9. The van der Waals surface area contributed by atoms with Crippen molar-refractivity contribution in [1.82, 2.24) is 4.90 Å². The van der Waals surface area contributed by atoms with Gasteiger partial charge in [0.15, 0.2) is 11.5 Å². The van der Waals surface area contributed by atoms with Crippen molar-refractivity contribution in [2.75, 3.05) is 25.5 Å². The lowest BCUT2D eigenvalue weighted by Gasteiger charge is -2.29. The van der Waals surface area contributed by atoms with E-state index in [1.807, 2.05) is 23.9 Å². The van der Waals surface area contributed by atoms with Crippen LogP contribution in [-0.2, 0) is 4.79 Å². The maximum atomic E-state index is 13.0. The molecule has 1 saturated heterocycles. The van der Waals surface area contributed by atoms with Gasteiger partial charge < -0.3 is 14.4 Å². The van der Waals surface area contributed by atoms with Gasteiger partial charge in [-0.15, -0.1) is 11.8 Å². The number of amides is 1. The maximum absolute atomic E-state index is 13.0. The number of unbranched alkanes of at least 4 members (excludes halogenated alkanes) is 1. The lowest BCUT2D eigenvalue weighted by atomic mass is 9.97. The van der Waals surface area contributed by atoms with Crippen molar-refractivity contribution >= 4 is 17.7 Å². The summed E-state index contributed by atoms with van der Waals surface area (Å²) in [5, 5.41) is 0.101. The molecule has 132 valence electrons. The van der Waals surface area contributed by atoms with Crippen LogP contribution >= 0.6 is 11.8 Å². The molecule has 0 unspecified atom stereocenters. The van der Waals surface area contributed by atoms with Crippen molar-refractivity contribution in [2.45, 2.75) is 44.9 Å². The maximum Gasteiger partial charge on any atom is 0.226 e. The van der Waals surface area contributed by atoms with E-state index >= 15 is 0 Å². The van der Waals surface area contributed by atoms with Crippen LogP contribution in [0, 0.1) is 5.92 Å². The Morgan fingerprint density at radius 3 is 2.83 bits per heavy atom. The number of fused-ring (bicyclic) bond motifs is 1. The Bertz CT molecular complexity index is 578. The second-order valence-electron chi connectivity index (χ2n) is 6.41. The van der Waals surface area contributed by atoms with Crippen LogP contribution in [-0.4, -0.2) is 36.3 Å². The summed E-state index contributed by atoms with van der Waals surface area (Å²) in [5.74, 6) is 3.07. The molecule has 2 heterocycles. The van der Waals surface area contributed by atoms with Crippen LogP contribution in [0.25, 0.3) is 0 Å². The SMILES string of the molecule is CCCC[C@@H](CC)C(=O)N1CCS[C@H]1c1ccc2c(c1)OCCO2. The number of carbonyl (C=O) groups is 1. The predicted octanol–water partition coefficient (Wildman–Crippen LogP) is 4.25. The van der Waals surface area contributed by atoms with E-state index in [2.05, 4.69) is 24.8 Å². The van der Waals surface area contributed by atoms with Crippen molar-refractivity contribution < 1.29 is 14.3 Å². The smallest absolute Gasteiger partial charge is 0.226 e. The molecule has 2 aliphatic rings. The number of carbonyl (C=O) groups excluding carboxylic acids is 1. The van der Waals surface area contributed by atoms with Gasteiger partial charge >= 0.3 is 0 Å². The fourth-order valence-corrected chi connectivity index (χ4v) is 4.63. The van der Waals surface area contributed by atoms with Crippen LogP contribution in [0.4, 0.5) is 0 Å². The molecule has 4 nitrogen and oxygen atoms in total. The van der Waals surface area contributed by atoms with Crippen molar-refractivity contribution in [3.63, 3.8) is 0 Å². The third kappa shape index (κ3) is 3.66. The molecule has 1 amide bonds. The number of benzene rings is 1. The Morgan fingerprint density at radius 2 is 2.08 bits per heavy atom. The number of ether oxygens (including phenoxy) is 2. The predicted molar refractivity (Wildman–Crippen MR) is 97.7 cm³/mol. The molecule has 1 fully saturated rings. The lowest BCUT2D eigenvalue weighted by molar-refractivity contribution is -0.136.